The lowest BCUT2D eigenvalue weighted by atomic mass is 10.00. The SMILES string of the molecule is Cn1cc(-c2cn3cc(C(=O)NCC(O)CN4CCc5ccccc5C4)nc3cn2)cn1. The largest absolute Gasteiger partial charge is 0.390 e. The number of imidazole rings is 1. The van der Waals surface area contributed by atoms with Crippen LogP contribution in [0, 0.1) is 0 Å². The Balaban J connectivity index is 1.18. The molecule has 5 rings (SSSR count). The van der Waals surface area contributed by atoms with Crippen LogP contribution in [-0.2, 0) is 20.0 Å². The molecule has 1 aromatic carbocycles. The molecule has 4 aromatic rings. The van der Waals surface area contributed by atoms with Crippen molar-refractivity contribution >= 4 is 11.6 Å². The highest BCUT2D eigenvalue weighted by Gasteiger charge is 2.19. The fourth-order valence-corrected chi connectivity index (χ4v) is 4.08. The van der Waals surface area contributed by atoms with Gasteiger partial charge < -0.3 is 14.8 Å². The van der Waals surface area contributed by atoms with Gasteiger partial charge in [-0.1, -0.05) is 24.3 Å². The van der Waals surface area contributed by atoms with Crippen molar-refractivity contribution in [3.8, 4) is 11.3 Å². The maximum Gasteiger partial charge on any atom is 0.271 e. The molecule has 1 atom stereocenters. The maximum absolute atomic E-state index is 12.6. The van der Waals surface area contributed by atoms with Crippen molar-refractivity contribution < 1.29 is 9.90 Å². The topological polar surface area (TPSA) is 101 Å². The number of nitrogens with zero attached hydrogens (tertiary/aromatic N) is 6. The third kappa shape index (κ3) is 4.25. The van der Waals surface area contributed by atoms with Crippen molar-refractivity contribution in [2.45, 2.75) is 19.1 Å². The molecule has 0 bridgehead atoms. The molecular weight excluding hydrogens is 406 g/mol. The van der Waals surface area contributed by atoms with Gasteiger partial charge in [0.2, 0.25) is 0 Å². The molecule has 1 aliphatic heterocycles. The molecule has 9 nitrogen and oxygen atoms in total. The zero-order chi connectivity index (χ0) is 22.1. The zero-order valence-electron chi connectivity index (χ0n) is 17.8. The number of amides is 1. The summed E-state index contributed by atoms with van der Waals surface area (Å²) in [6, 6.07) is 8.40. The van der Waals surface area contributed by atoms with E-state index in [0.717, 1.165) is 30.8 Å². The Morgan fingerprint density at radius 3 is 2.84 bits per heavy atom. The molecule has 164 valence electrons. The van der Waals surface area contributed by atoms with E-state index in [-0.39, 0.29) is 18.1 Å². The number of hydrogen-bond acceptors (Lipinski definition) is 6. The number of aliphatic hydroxyl groups excluding tert-OH is 1. The second-order valence-electron chi connectivity index (χ2n) is 8.18. The first kappa shape index (κ1) is 20.3. The Morgan fingerprint density at radius 1 is 1.19 bits per heavy atom. The Hall–Kier alpha value is -3.56. The quantitative estimate of drug-likeness (QED) is 0.477. The van der Waals surface area contributed by atoms with Crippen molar-refractivity contribution in [1.29, 1.82) is 0 Å². The molecule has 0 radical (unpaired) electrons. The number of aromatic nitrogens is 5. The highest BCUT2D eigenvalue weighted by atomic mass is 16.3. The lowest BCUT2D eigenvalue weighted by molar-refractivity contribution is 0.0838. The fraction of sp³-hybridized carbons (Fsp3) is 0.304. The van der Waals surface area contributed by atoms with Crippen LogP contribution in [0.4, 0.5) is 0 Å². The highest BCUT2D eigenvalue weighted by molar-refractivity contribution is 5.92. The normalized spacial score (nSPS) is 14.9. The molecule has 1 aliphatic rings. The van der Waals surface area contributed by atoms with Crippen LogP contribution in [0.15, 0.2) is 55.2 Å². The standard InChI is InChI=1S/C23H25N7O2/c1-28-11-18(8-26-28)20-14-30-15-21(27-22(30)10-24-20)23(32)25-9-19(31)13-29-7-6-16-4-2-3-5-17(16)12-29/h2-5,8,10-11,14-15,19,31H,6-7,9,12-13H2,1H3,(H,25,32). The minimum atomic E-state index is -0.653. The number of carbonyl (C=O) groups excluding carboxylic acids is 1. The van der Waals surface area contributed by atoms with Gasteiger partial charge in [0.25, 0.3) is 5.91 Å². The highest BCUT2D eigenvalue weighted by Crippen LogP contribution is 2.19. The summed E-state index contributed by atoms with van der Waals surface area (Å²) in [4.78, 5) is 23.6. The fourth-order valence-electron chi connectivity index (χ4n) is 4.08. The average molecular weight is 432 g/mol. The predicted molar refractivity (Wildman–Crippen MR) is 119 cm³/mol. The van der Waals surface area contributed by atoms with Gasteiger partial charge >= 0.3 is 0 Å². The summed E-state index contributed by atoms with van der Waals surface area (Å²) >= 11 is 0. The number of hydrogen-bond donors (Lipinski definition) is 2. The number of nitrogens with one attached hydrogen (secondary N) is 1. The maximum atomic E-state index is 12.6. The van der Waals surface area contributed by atoms with E-state index in [1.807, 2.05) is 25.5 Å². The van der Waals surface area contributed by atoms with Gasteiger partial charge in [0, 0.05) is 57.4 Å². The summed E-state index contributed by atoms with van der Waals surface area (Å²) in [6.45, 7) is 2.41. The molecule has 9 heteroatoms. The van der Waals surface area contributed by atoms with E-state index in [1.54, 1.807) is 27.7 Å². The molecule has 1 unspecified atom stereocenters. The summed E-state index contributed by atoms with van der Waals surface area (Å²) in [7, 11) is 1.85. The van der Waals surface area contributed by atoms with Gasteiger partial charge in [-0.3, -0.25) is 19.4 Å². The van der Waals surface area contributed by atoms with Crippen molar-refractivity contribution in [2.75, 3.05) is 19.6 Å². The minimum absolute atomic E-state index is 0.171. The van der Waals surface area contributed by atoms with Crippen LogP contribution in [0.1, 0.15) is 21.6 Å². The van der Waals surface area contributed by atoms with Crippen molar-refractivity contribution in [3.63, 3.8) is 0 Å². The van der Waals surface area contributed by atoms with E-state index in [0.29, 0.717) is 12.2 Å². The second-order valence-corrected chi connectivity index (χ2v) is 8.18. The van der Waals surface area contributed by atoms with Crippen LogP contribution in [0.2, 0.25) is 0 Å². The Labute approximate surface area is 185 Å². The van der Waals surface area contributed by atoms with Gasteiger partial charge in [-0.2, -0.15) is 5.10 Å². The molecule has 32 heavy (non-hydrogen) atoms. The molecule has 0 saturated carbocycles. The van der Waals surface area contributed by atoms with Gasteiger partial charge in [-0.15, -0.1) is 0 Å². The van der Waals surface area contributed by atoms with Gasteiger partial charge in [-0.25, -0.2) is 4.98 Å². The van der Waals surface area contributed by atoms with E-state index in [1.165, 1.54) is 11.1 Å². The van der Waals surface area contributed by atoms with Crippen molar-refractivity contribution in [3.05, 3.63) is 72.1 Å². The third-order valence-electron chi connectivity index (χ3n) is 5.75. The van der Waals surface area contributed by atoms with Gasteiger partial charge in [0.05, 0.1) is 24.2 Å². The van der Waals surface area contributed by atoms with Crippen LogP contribution in [0.25, 0.3) is 16.9 Å². The summed E-state index contributed by atoms with van der Waals surface area (Å²) in [5.74, 6) is -0.320. The first-order valence-corrected chi connectivity index (χ1v) is 10.6. The molecule has 0 fully saturated rings. The minimum Gasteiger partial charge on any atom is -0.390 e. The van der Waals surface area contributed by atoms with E-state index in [4.69, 9.17) is 0 Å². The number of β-amino-alcohol motifs (C(OH)–C–C–N with tert-alkyl or cyclic N) is 1. The smallest absolute Gasteiger partial charge is 0.271 e. The van der Waals surface area contributed by atoms with Crippen LogP contribution in [-0.4, -0.2) is 65.8 Å². The molecule has 4 heterocycles. The lowest BCUT2D eigenvalue weighted by Crippen LogP contribution is -2.42. The Morgan fingerprint density at radius 2 is 2.03 bits per heavy atom. The molecule has 2 N–H and O–H groups in total. The number of rotatable bonds is 6. The Kier molecular flexibility index (Phi) is 5.42. The number of aryl methyl sites for hydroxylation is 1. The van der Waals surface area contributed by atoms with Crippen LogP contribution in [0.5, 0.6) is 0 Å². The summed E-state index contributed by atoms with van der Waals surface area (Å²) in [5.41, 5.74) is 5.18. The Bertz CT molecular complexity index is 1260. The van der Waals surface area contributed by atoms with Crippen LogP contribution in [0.3, 0.4) is 0 Å². The second kappa shape index (κ2) is 8.52. The van der Waals surface area contributed by atoms with E-state index < -0.39 is 6.10 Å². The van der Waals surface area contributed by atoms with Gasteiger partial charge in [0.1, 0.15) is 5.69 Å². The summed E-state index contributed by atoms with van der Waals surface area (Å²) in [6.07, 6.45) is 9.05. The zero-order valence-corrected chi connectivity index (χ0v) is 17.8. The number of carbonyl (C=O) groups is 1. The van der Waals surface area contributed by atoms with Crippen LogP contribution < -0.4 is 5.32 Å². The molecular formula is C23H25N7O2. The molecule has 0 spiro atoms. The van der Waals surface area contributed by atoms with Crippen molar-refractivity contribution in [1.82, 2.24) is 34.4 Å². The van der Waals surface area contributed by atoms with E-state index >= 15 is 0 Å². The monoisotopic (exact) mass is 431 g/mol. The van der Waals surface area contributed by atoms with Crippen LogP contribution >= 0.6 is 0 Å². The third-order valence-corrected chi connectivity index (χ3v) is 5.75. The van der Waals surface area contributed by atoms with E-state index in [2.05, 4.69) is 43.5 Å². The molecule has 0 saturated heterocycles. The number of aliphatic hydroxyl groups is 1. The van der Waals surface area contributed by atoms with Gasteiger partial charge in [-0.05, 0) is 17.5 Å². The number of fused-ring (bicyclic) bond motifs is 2. The number of benzene rings is 1. The first-order chi connectivity index (χ1) is 15.5. The lowest BCUT2D eigenvalue weighted by Gasteiger charge is -2.30. The van der Waals surface area contributed by atoms with Gasteiger partial charge in [0.15, 0.2) is 5.65 Å². The van der Waals surface area contributed by atoms with Crippen molar-refractivity contribution in [2.24, 2.45) is 7.05 Å². The van der Waals surface area contributed by atoms with E-state index in [9.17, 15) is 9.90 Å². The first-order valence-electron chi connectivity index (χ1n) is 10.6. The molecule has 1 amide bonds. The summed E-state index contributed by atoms with van der Waals surface area (Å²) < 4.78 is 3.48. The summed E-state index contributed by atoms with van der Waals surface area (Å²) in [5, 5.41) is 17.4. The predicted octanol–water partition coefficient (Wildman–Crippen LogP) is 1.28. The average Bonchev–Trinajstić information content (AvgIpc) is 3.43. The molecule has 0 aliphatic carbocycles. The molecule has 3 aromatic heterocycles.